The average Bonchev–Trinajstić information content (AvgIpc) is 2.14. The predicted octanol–water partition coefficient (Wildman–Crippen LogP) is 2.35. The van der Waals surface area contributed by atoms with Gasteiger partial charge in [-0.3, -0.25) is 0 Å². The fourth-order valence-corrected chi connectivity index (χ4v) is 1.08. The van der Waals surface area contributed by atoms with Crippen molar-refractivity contribution in [2.75, 3.05) is 6.61 Å². The van der Waals surface area contributed by atoms with Gasteiger partial charge in [0.2, 0.25) is 5.88 Å². The molecule has 3 heteroatoms. The largest absolute Gasteiger partial charge is 0.475 e. The molecule has 0 amide bonds. The van der Waals surface area contributed by atoms with E-state index in [1.165, 1.54) is 0 Å². The fourth-order valence-electron chi connectivity index (χ4n) is 1.08. The summed E-state index contributed by atoms with van der Waals surface area (Å²) < 4.78 is 5.40. The molecule has 84 valence electrons. The molecule has 15 heavy (non-hydrogen) atoms. The molecule has 0 fully saturated rings. The summed E-state index contributed by atoms with van der Waals surface area (Å²) in [6.07, 6.45) is 0. The molecule has 0 atom stereocenters. The highest BCUT2D eigenvalue weighted by Gasteiger charge is 2.13. The molecule has 3 nitrogen and oxygen atoms in total. The molecule has 0 aliphatic carbocycles. The van der Waals surface area contributed by atoms with Crippen LogP contribution in [0.5, 0.6) is 5.88 Å². The Bertz CT molecular complexity index is 316. The molecule has 0 unspecified atom stereocenters. The Hall–Kier alpha value is -1.09. The van der Waals surface area contributed by atoms with E-state index in [0.29, 0.717) is 11.8 Å². The summed E-state index contributed by atoms with van der Waals surface area (Å²) in [5, 5.41) is 9.50. The van der Waals surface area contributed by atoms with E-state index in [2.05, 4.69) is 18.8 Å². The molecule has 0 spiro atoms. The van der Waals surface area contributed by atoms with Crippen LogP contribution in [-0.2, 0) is 0 Å². The number of ether oxygens (including phenoxy) is 1. The van der Waals surface area contributed by atoms with Crippen molar-refractivity contribution in [3.8, 4) is 5.88 Å². The van der Waals surface area contributed by atoms with Crippen molar-refractivity contribution in [2.45, 2.75) is 39.2 Å². The van der Waals surface area contributed by atoms with E-state index in [1.54, 1.807) is 19.9 Å². The molecular formula is C12H19NO2. The highest BCUT2D eigenvalue weighted by Crippen LogP contribution is 2.16. The summed E-state index contributed by atoms with van der Waals surface area (Å²) in [7, 11) is 0. The van der Waals surface area contributed by atoms with Gasteiger partial charge in [0.25, 0.3) is 0 Å². The molecule has 1 heterocycles. The molecule has 0 aliphatic heterocycles. The van der Waals surface area contributed by atoms with E-state index >= 15 is 0 Å². The fraction of sp³-hybridized carbons (Fsp3) is 0.583. The summed E-state index contributed by atoms with van der Waals surface area (Å²) >= 11 is 0. The van der Waals surface area contributed by atoms with Gasteiger partial charge in [0.1, 0.15) is 6.61 Å². The summed E-state index contributed by atoms with van der Waals surface area (Å²) in [6.45, 7) is 7.84. The smallest absolute Gasteiger partial charge is 0.213 e. The van der Waals surface area contributed by atoms with Gasteiger partial charge in [-0.1, -0.05) is 19.9 Å². The van der Waals surface area contributed by atoms with Gasteiger partial charge in [-0.25, -0.2) is 4.98 Å². The maximum absolute atomic E-state index is 9.50. The van der Waals surface area contributed by atoms with Gasteiger partial charge in [-0.15, -0.1) is 0 Å². The third kappa shape index (κ3) is 4.30. The van der Waals surface area contributed by atoms with Crippen molar-refractivity contribution in [2.24, 2.45) is 0 Å². The summed E-state index contributed by atoms with van der Waals surface area (Å²) in [5.74, 6) is 0.957. The van der Waals surface area contributed by atoms with E-state index in [4.69, 9.17) is 4.74 Å². The van der Waals surface area contributed by atoms with E-state index < -0.39 is 5.60 Å². The average molecular weight is 209 g/mol. The molecule has 0 radical (unpaired) electrons. The zero-order valence-electron chi connectivity index (χ0n) is 9.82. The second-order valence-corrected chi connectivity index (χ2v) is 4.66. The van der Waals surface area contributed by atoms with Crippen LogP contribution in [0.25, 0.3) is 0 Å². The van der Waals surface area contributed by atoms with Crippen LogP contribution in [-0.4, -0.2) is 22.3 Å². The first-order chi connectivity index (χ1) is 6.88. The van der Waals surface area contributed by atoms with Crippen molar-refractivity contribution in [3.05, 3.63) is 23.9 Å². The Morgan fingerprint density at radius 3 is 2.60 bits per heavy atom. The zero-order chi connectivity index (χ0) is 11.5. The standard InChI is InChI=1S/C12H19NO2/c1-9(2)10-6-5-7-11(13-10)15-8-12(3,4)14/h5-7,9,14H,8H2,1-4H3. The van der Waals surface area contributed by atoms with Gasteiger partial charge in [0.15, 0.2) is 0 Å². The lowest BCUT2D eigenvalue weighted by atomic mass is 10.1. The number of hydrogen-bond donors (Lipinski definition) is 1. The Kier molecular flexibility index (Phi) is 3.69. The number of aliphatic hydroxyl groups is 1. The third-order valence-corrected chi connectivity index (χ3v) is 1.91. The third-order valence-electron chi connectivity index (χ3n) is 1.91. The Balaban J connectivity index is 2.66. The first-order valence-corrected chi connectivity index (χ1v) is 5.20. The Morgan fingerprint density at radius 2 is 2.07 bits per heavy atom. The summed E-state index contributed by atoms with van der Waals surface area (Å²) in [6, 6.07) is 5.70. The van der Waals surface area contributed by atoms with Crippen molar-refractivity contribution < 1.29 is 9.84 Å². The number of rotatable bonds is 4. The Labute approximate surface area is 91.1 Å². The lowest BCUT2D eigenvalue weighted by Crippen LogP contribution is -2.28. The van der Waals surface area contributed by atoms with E-state index in [9.17, 15) is 5.11 Å². The zero-order valence-corrected chi connectivity index (χ0v) is 9.82. The van der Waals surface area contributed by atoms with Crippen LogP contribution < -0.4 is 4.74 Å². The quantitative estimate of drug-likeness (QED) is 0.827. The molecule has 0 saturated heterocycles. The minimum atomic E-state index is -0.824. The lowest BCUT2D eigenvalue weighted by Gasteiger charge is -2.17. The van der Waals surface area contributed by atoms with Gasteiger partial charge < -0.3 is 9.84 Å². The van der Waals surface area contributed by atoms with Gasteiger partial charge >= 0.3 is 0 Å². The normalized spacial score (nSPS) is 11.9. The summed E-state index contributed by atoms with van der Waals surface area (Å²) in [5.41, 5.74) is 0.179. The maximum Gasteiger partial charge on any atom is 0.213 e. The van der Waals surface area contributed by atoms with Crippen LogP contribution in [0.3, 0.4) is 0 Å². The Morgan fingerprint density at radius 1 is 1.40 bits per heavy atom. The molecule has 0 aliphatic rings. The molecular weight excluding hydrogens is 190 g/mol. The first kappa shape index (κ1) is 12.0. The molecule has 1 N–H and O–H groups in total. The number of hydrogen-bond acceptors (Lipinski definition) is 3. The van der Waals surface area contributed by atoms with Crippen LogP contribution in [0.4, 0.5) is 0 Å². The first-order valence-electron chi connectivity index (χ1n) is 5.20. The second-order valence-electron chi connectivity index (χ2n) is 4.66. The van der Waals surface area contributed by atoms with Crippen molar-refractivity contribution >= 4 is 0 Å². The minimum absolute atomic E-state index is 0.252. The van der Waals surface area contributed by atoms with Crippen LogP contribution in [0, 0.1) is 0 Å². The van der Waals surface area contributed by atoms with Crippen molar-refractivity contribution in [1.82, 2.24) is 4.98 Å². The van der Waals surface area contributed by atoms with Crippen molar-refractivity contribution in [3.63, 3.8) is 0 Å². The maximum atomic E-state index is 9.50. The second kappa shape index (κ2) is 4.62. The predicted molar refractivity (Wildman–Crippen MR) is 60.1 cm³/mol. The topological polar surface area (TPSA) is 42.4 Å². The van der Waals surface area contributed by atoms with Crippen molar-refractivity contribution in [1.29, 1.82) is 0 Å². The van der Waals surface area contributed by atoms with Gasteiger partial charge in [0, 0.05) is 11.8 Å². The van der Waals surface area contributed by atoms with Gasteiger partial charge in [-0.2, -0.15) is 0 Å². The monoisotopic (exact) mass is 209 g/mol. The molecule has 0 bridgehead atoms. The molecule has 0 saturated carbocycles. The van der Waals surface area contributed by atoms with Crippen LogP contribution >= 0.6 is 0 Å². The highest BCUT2D eigenvalue weighted by atomic mass is 16.5. The van der Waals surface area contributed by atoms with E-state index in [-0.39, 0.29) is 6.61 Å². The van der Waals surface area contributed by atoms with Gasteiger partial charge in [0.05, 0.1) is 5.60 Å². The molecule has 1 rings (SSSR count). The van der Waals surface area contributed by atoms with Crippen LogP contribution in [0.1, 0.15) is 39.3 Å². The number of pyridine rings is 1. The van der Waals surface area contributed by atoms with E-state index in [0.717, 1.165) is 5.69 Å². The molecule has 1 aromatic rings. The molecule has 1 aromatic heterocycles. The van der Waals surface area contributed by atoms with E-state index in [1.807, 2.05) is 12.1 Å². The van der Waals surface area contributed by atoms with Gasteiger partial charge in [-0.05, 0) is 25.8 Å². The highest BCUT2D eigenvalue weighted by molar-refractivity contribution is 5.17. The number of aromatic nitrogens is 1. The lowest BCUT2D eigenvalue weighted by molar-refractivity contribution is 0.0267. The minimum Gasteiger partial charge on any atom is -0.475 e. The summed E-state index contributed by atoms with van der Waals surface area (Å²) in [4.78, 5) is 4.34. The molecule has 0 aromatic carbocycles. The van der Waals surface area contributed by atoms with Crippen LogP contribution in [0.15, 0.2) is 18.2 Å². The van der Waals surface area contributed by atoms with Crippen LogP contribution in [0.2, 0.25) is 0 Å². The number of nitrogens with zero attached hydrogens (tertiary/aromatic N) is 1. The SMILES string of the molecule is CC(C)c1cccc(OCC(C)(C)O)n1.